The molecule has 0 saturated carbocycles. The number of carbonyl (C=O) groups excluding carboxylic acids is 3. The number of rotatable bonds is 9. The molecule has 0 N–H and O–H groups in total. The zero-order valence-electron chi connectivity index (χ0n) is 12.2. The number of unbranched alkanes of at least 4 members (excludes halogenated alkanes) is 1. The Bertz CT molecular complexity index is 348. The normalized spacial score (nSPS) is 11.9. The van der Waals surface area contributed by atoms with Gasteiger partial charge in [-0.25, -0.2) is 0 Å². The maximum atomic E-state index is 11.5. The average Bonchev–Trinajstić information content (AvgIpc) is 2.33. The molecule has 20 heavy (non-hydrogen) atoms. The highest BCUT2D eigenvalue weighted by atomic mass is 16.5. The van der Waals surface area contributed by atoms with Gasteiger partial charge in [0.2, 0.25) is 0 Å². The van der Waals surface area contributed by atoms with Gasteiger partial charge in [0.1, 0.15) is 6.10 Å². The molecule has 0 bridgehead atoms. The largest absolute Gasteiger partial charge is 0.466 e. The molecule has 0 radical (unpaired) electrons. The minimum Gasteiger partial charge on any atom is -0.466 e. The zero-order chi connectivity index (χ0) is 15.4. The topological polar surface area (TPSA) is 78.9 Å². The van der Waals surface area contributed by atoms with Gasteiger partial charge in [0.25, 0.3) is 0 Å². The molecule has 0 rings (SSSR count). The molecule has 0 aromatic heterocycles. The lowest BCUT2D eigenvalue weighted by molar-refractivity contribution is -0.148. The van der Waals surface area contributed by atoms with Crippen LogP contribution in [0.3, 0.4) is 0 Å². The lowest BCUT2D eigenvalue weighted by Crippen LogP contribution is -2.14. The summed E-state index contributed by atoms with van der Waals surface area (Å²) in [4.78, 5) is 32.4. The molecule has 1 atom stereocenters. The fourth-order valence-electron chi connectivity index (χ4n) is 1.31. The van der Waals surface area contributed by atoms with Crippen LogP contribution in [0, 0.1) is 0 Å². The average molecular weight is 286 g/mol. The second-order valence-electron chi connectivity index (χ2n) is 4.31. The minimum atomic E-state index is -0.390. The monoisotopic (exact) mass is 286 g/mol. The van der Waals surface area contributed by atoms with E-state index in [4.69, 9.17) is 9.47 Å². The van der Waals surface area contributed by atoms with Crippen molar-refractivity contribution in [3.63, 3.8) is 0 Å². The lowest BCUT2D eigenvalue weighted by Gasteiger charge is -2.11. The van der Waals surface area contributed by atoms with Crippen molar-refractivity contribution in [1.29, 1.82) is 0 Å². The van der Waals surface area contributed by atoms with E-state index in [2.05, 4.69) is 4.74 Å². The van der Waals surface area contributed by atoms with Crippen LogP contribution in [0.2, 0.25) is 0 Å². The quantitative estimate of drug-likeness (QED) is 0.279. The summed E-state index contributed by atoms with van der Waals surface area (Å²) in [6.45, 7) is 4.74. The molecule has 0 aliphatic heterocycles. The molecular formula is C14H22O6. The van der Waals surface area contributed by atoms with Crippen LogP contribution in [-0.4, -0.2) is 30.6 Å². The third kappa shape index (κ3) is 12.6. The van der Waals surface area contributed by atoms with E-state index in [0.29, 0.717) is 32.3 Å². The van der Waals surface area contributed by atoms with Crippen LogP contribution in [0.1, 0.15) is 46.5 Å². The van der Waals surface area contributed by atoms with Crippen LogP contribution in [0.25, 0.3) is 0 Å². The second kappa shape index (κ2) is 11.0. The Labute approximate surface area is 119 Å². The van der Waals surface area contributed by atoms with Crippen molar-refractivity contribution in [3.05, 3.63) is 12.3 Å². The van der Waals surface area contributed by atoms with Gasteiger partial charge >= 0.3 is 17.9 Å². The van der Waals surface area contributed by atoms with E-state index in [9.17, 15) is 14.4 Å². The van der Waals surface area contributed by atoms with Crippen molar-refractivity contribution >= 4 is 17.9 Å². The SMILES string of the molecule is CC(=O)O/C=C/CC(C)OC(=O)CCCCOC(C)=O. The van der Waals surface area contributed by atoms with E-state index < -0.39 is 5.97 Å². The Morgan fingerprint density at radius 1 is 1.10 bits per heavy atom. The lowest BCUT2D eigenvalue weighted by atomic mass is 10.2. The summed E-state index contributed by atoms with van der Waals surface area (Å²) >= 11 is 0. The van der Waals surface area contributed by atoms with Gasteiger partial charge in [-0.2, -0.15) is 0 Å². The van der Waals surface area contributed by atoms with E-state index in [-0.39, 0.29) is 18.0 Å². The molecule has 0 saturated heterocycles. The van der Waals surface area contributed by atoms with Gasteiger partial charge in [-0.1, -0.05) is 0 Å². The van der Waals surface area contributed by atoms with Crippen molar-refractivity contribution in [1.82, 2.24) is 0 Å². The zero-order valence-corrected chi connectivity index (χ0v) is 12.2. The van der Waals surface area contributed by atoms with Gasteiger partial charge in [0.15, 0.2) is 0 Å². The molecule has 0 amide bonds. The van der Waals surface area contributed by atoms with E-state index in [0.717, 1.165) is 0 Å². The van der Waals surface area contributed by atoms with Crippen LogP contribution < -0.4 is 0 Å². The number of carbonyl (C=O) groups is 3. The van der Waals surface area contributed by atoms with Gasteiger partial charge in [-0.15, -0.1) is 0 Å². The highest BCUT2D eigenvalue weighted by Gasteiger charge is 2.08. The maximum absolute atomic E-state index is 11.5. The van der Waals surface area contributed by atoms with E-state index in [1.165, 1.54) is 20.1 Å². The Morgan fingerprint density at radius 3 is 2.40 bits per heavy atom. The predicted molar refractivity (Wildman–Crippen MR) is 71.6 cm³/mol. The molecule has 0 fully saturated rings. The van der Waals surface area contributed by atoms with Gasteiger partial charge < -0.3 is 14.2 Å². The van der Waals surface area contributed by atoms with Crippen LogP contribution in [-0.2, 0) is 28.6 Å². The molecule has 0 aromatic carbocycles. The highest BCUT2D eigenvalue weighted by molar-refractivity contribution is 5.69. The molecule has 0 aromatic rings. The van der Waals surface area contributed by atoms with Gasteiger partial charge in [-0.3, -0.25) is 14.4 Å². The summed E-state index contributed by atoms with van der Waals surface area (Å²) in [6.07, 6.45) is 4.65. The Morgan fingerprint density at radius 2 is 1.80 bits per heavy atom. The molecule has 0 aliphatic rings. The maximum Gasteiger partial charge on any atom is 0.307 e. The van der Waals surface area contributed by atoms with Crippen molar-refractivity contribution in [2.24, 2.45) is 0 Å². The molecule has 6 nitrogen and oxygen atoms in total. The molecular weight excluding hydrogens is 264 g/mol. The first-order valence-electron chi connectivity index (χ1n) is 6.57. The number of esters is 3. The summed E-state index contributed by atoms with van der Waals surface area (Å²) in [5.41, 5.74) is 0. The number of hydrogen-bond donors (Lipinski definition) is 0. The van der Waals surface area contributed by atoms with Crippen LogP contribution in [0.5, 0.6) is 0 Å². The minimum absolute atomic E-state index is 0.275. The van der Waals surface area contributed by atoms with Crippen LogP contribution in [0.4, 0.5) is 0 Å². The first-order valence-corrected chi connectivity index (χ1v) is 6.57. The first-order chi connectivity index (χ1) is 9.41. The number of ether oxygens (including phenoxy) is 3. The molecule has 0 heterocycles. The fraction of sp³-hybridized carbons (Fsp3) is 0.643. The van der Waals surface area contributed by atoms with Gasteiger partial charge in [-0.05, 0) is 25.8 Å². The van der Waals surface area contributed by atoms with Crippen LogP contribution in [0.15, 0.2) is 12.3 Å². The molecule has 0 spiro atoms. The first kappa shape index (κ1) is 18.1. The standard InChI is InChI=1S/C14H22O6/c1-11(7-6-10-19-13(3)16)20-14(17)8-4-5-9-18-12(2)15/h6,10-11H,4-5,7-9H2,1-3H3/b10-6+. The van der Waals surface area contributed by atoms with Crippen molar-refractivity contribution in [2.75, 3.05) is 6.61 Å². The molecule has 0 aliphatic carbocycles. The van der Waals surface area contributed by atoms with Crippen molar-refractivity contribution in [3.8, 4) is 0 Å². The van der Waals surface area contributed by atoms with E-state index in [1.54, 1.807) is 13.0 Å². The third-order valence-corrected chi connectivity index (χ3v) is 2.21. The summed E-state index contributed by atoms with van der Waals surface area (Å²) < 4.78 is 14.5. The Kier molecular flexibility index (Phi) is 10.00. The summed E-state index contributed by atoms with van der Waals surface area (Å²) in [5, 5.41) is 0. The molecule has 1 unspecified atom stereocenters. The smallest absolute Gasteiger partial charge is 0.307 e. The van der Waals surface area contributed by atoms with Crippen LogP contribution >= 0.6 is 0 Å². The molecule has 6 heteroatoms. The summed E-state index contributed by atoms with van der Waals surface area (Å²) in [7, 11) is 0. The molecule has 114 valence electrons. The van der Waals surface area contributed by atoms with Crippen molar-refractivity contribution in [2.45, 2.75) is 52.6 Å². The number of hydrogen-bond acceptors (Lipinski definition) is 6. The highest BCUT2D eigenvalue weighted by Crippen LogP contribution is 2.04. The summed E-state index contributed by atoms with van der Waals surface area (Å²) in [6, 6.07) is 0. The Hall–Kier alpha value is -1.85. The van der Waals surface area contributed by atoms with Gasteiger partial charge in [0.05, 0.1) is 12.9 Å². The third-order valence-electron chi connectivity index (χ3n) is 2.21. The Balaban J connectivity index is 3.61. The van der Waals surface area contributed by atoms with Crippen molar-refractivity contribution < 1.29 is 28.6 Å². The summed E-state index contributed by atoms with van der Waals surface area (Å²) in [5.74, 6) is -0.999. The van der Waals surface area contributed by atoms with E-state index >= 15 is 0 Å². The predicted octanol–water partition coefficient (Wildman–Crippen LogP) is 2.12. The van der Waals surface area contributed by atoms with E-state index in [1.807, 2.05) is 0 Å². The fourth-order valence-corrected chi connectivity index (χ4v) is 1.31. The second-order valence-corrected chi connectivity index (χ2v) is 4.31. The van der Waals surface area contributed by atoms with Gasteiger partial charge in [0, 0.05) is 26.7 Å².